The van der Waals surface area contributed by atoms with E-state index in [0.717, 1.165) is 36.1 Å². The average Bonchev–Trinajstić information content (AvgIpc) is 2.55. The molecular weight excluding hydrogens is 310 g/mol. The Bertz CT molecular complexity index is 947. The molecule has 4 nitrogen and oxygen atoms in total. The van der Waals surface area contributed by atoms with Gasteiger partial charge in [-0.2, -0.15) is 0 Å². The summed E-state index contributed by atoms with van der Waals surface area (Å²) in [5, 5.41) is 1.25. The number of nitrogens with one attached hydrogen (secondary N) is 1. The van der Waals surface area contributed by atoms with Crippen LogP contribution < -0.4 is 5.56 Å². The SMILES string of the molecule is CC1CCCc2c1nc1nc[nH]c(=O)c1c2-c1ccc(Cl)cc1. The zero-order valence-electron chi connectivity index (χ0n) is 12.8. The van der Waals surface area contributed by atoms with E-state index >= 15 is 0 Å². The normalized spacial score (nSPS) is 17.2. The molecule has 116 valence electrons. The first kappa shape index (κ1) is 14.4. The Labute approximate surface area is 138 Å². The van der Waals surface area contributed by atoms with E-state index in [1.54, 1.807) is 0 Å². The number of nitrogens with zero attached hydrogens (tertiary/aromatic N) is 2. The van der Waals surface area contributed by atoms with Crippen molar-refractivity contribution in [3.8, 4) is 11.1 Å². The first-order valence-electron chi connectivity index (χ1n) is 7.81. The van der Waals surface area contributed by atoms with Crippen molar-refractivity contribution in [2.24, 2.45) is 0 Å². The van der Waals surface area contributed by atoms with E-state index in [-0.39, 0.29) is 5.56 Å². The van der Waals surface area contributed by atoms with Gasteiger partial charge in [0.2, 0.25) is 0 Å². The predicted octanol–water partition coefficient (Wildman–Crippen LogP) is 4.08. The summed E-state index contributed by atoms with van der Waals surface area (Å²) in [6, 6.07) is 7.63. The van der Waals surface area contributed by atoms with Gasteiger partial charge in [0, 0.05) is 16.3 Å². The lowest BCUT2D eigenvalue weighted by Crippen LogP contribution is -2.16. The molecule has 0 saturated heterocycles. The summed E-state index contributed by atoms with van der Waals surface area (Å²) in [5.74, 6) is 0.385. The lowest BCUT2D eigenvalue weighted by Gasteiger charge is -2.24. The molecule has 0 bridgehead atoms. The van der Waals surface area contributed by atoms with E-state index in [1.807, 2.05) is 24.3 Å². The highest BCUT2D eigenvalue weighted by Crippen LogP contribution is 2.39. The maximum absolute atomic E-state index is 12.4. The van der Waals surface area contributed by atoms with Gasteiger partial charge in [-0.15, -0.1) is 0 Å². The Morgan fingerprint density at radius 1 is 1.26 bits per heavy atom. The zero-order chi connectivity index (χ0) is 16.0. The standard InChI is InChI=1S/C18H16ClN3O/c1-10-3-2-4-13-14(11-5-7-12(19)8-6-11)15-17(22-16(10)13)20-9-21-18(15)23/h5-10H,2-4H2,1H3,(H,20,21,22,23). The van der Waals surface area contributed by atoms with Crippen LogP contribution >= 0.6 is 11.6 Å². The molecule has 0 saturated carbocycles. The van der Waals surface area contributed by atoms with Crippen molar-refractivity contribution < 1.29 is 0 Å². The fourth-order valence-electron chi connectivity index (χ4n) is 3.48. The molecule has 0 spiro atoms. The molecule has 3 aromatic rings. The van der Waals surface area contributed by atoms with Gasteiger partial charge < -0.3 is 4.98 Å². The van der Waals surface area contributed by atoms with Gasteiger partial charge in [0.15, 0.2) is 5.65 Å². The van der Waals surface area contributed by atoms with Gasteiger partial charge in [0.25, 0.3) is 5.56 Å². The van der Waals surface area contributed by atoms with Crippen molar-refractivity contribution >= 4 is 22.6 Å². The first-order chi connectivity index (χ1) is 11.1. The van der Waals surface area contributed by atoms with Gasteiger partial charge in [-0.3, -0.25) is 4.79 Å². The largest absolute Gasteiger partial charge is 0.312 e. The molecule has 0 radical (unpaired) electrons. The number of halogens is 1. The molecular formula is C18H16ClN3O. The van der Waals surface area contributed by atoms with Crippen LogP contribution in [0.4, 0.5) is 0 Å². The number of benzene rings is 1. The van der Waals surface area contributed by atoms with Crippen LogP contribution in [0.3, 0.4) is 0 Å². The average molecular weight is 326 g/mol. The molecule has 4 rings (SSSR count). The highest BCUT2D eigenvalue weighted by atomic mass is 35.5. The van der Waals surface area contributed by atoms with Crippen LogP contribution in [0.2, 0.25) is 5.02 Å². The topological polar surface area (TPSA) is 58.6 Å². The zero-order valence-corrected chi connectivity index (χ0v) is 13.5. The highest BCUT2D eigenvalue weighted by Gasteiger charge is 2.25. The van der Waals surface area contributed by atoms with Crippen LogP contribution in [-0.2, 0) is 6.42 Å². The first-order valence-corrected chi connectivity index (χ1v) is 8.19. The molecule has 0 amide bonds. The summed E-state index contributed by atoms with van der Waals surface area (Å²) in [7, 11) is 0. The second-order valence-corrected chi connectivity index (χ2v) is 6.52. The lowest BCUT2D eigenvalue weighted by atomic mass is 9.83. The summed E-state index contributed by atoms with van der Waals surface area (Å²) in [4.78, 5) is 24.1. The Morgan fingerprint density at radius 3 is 2.83 bits per heavy atom. The Morgan fingerprint density at radius 2 is 2.04 bits per heavy atom. The molecule has 23 heavy (non-hydrogen) atoms. The molecule has 1 atom stereocenters. The molecule has 0 fully saturated rings. The van der Waals surface area contributed by atoms with Crippen molar-refractivity contribution in [1.29, 1.82) is 0 Å². The number of H-pyrrole nitrogens is 1. The predicted molar refractivity (Wildman–Crippen MR) is 92.0 cm³/mol. The number of aromatic nitrogens is 3. The number of hydrogen-bond acceptors (Lipinski definition) is 3. The van der Waals surface area contributed by atoms with E-state index in [9.17, 15) is 4.79 Å². The highest BCUT2D eigenvalue weighted by molar-refractivity contribution is 6.30. The molecule has 1 aliphatic rings. The van der Waals surface area contributed by atoms with Gasteiger partial charge in [-0.1, -0.05) is 30.7 Å². The second-order valence-electron chi connectivity index (χ2n) is 6.08. The van der Waals surface area contributed by atoms with Gasteiger partial charge in [0.05, 0.1) is 11.7 Å². The molecule has 1 unspecified atom stereocenters. The lowest BCUT2D eigenvalue weighted by molar-refractivity contribution is 0.576. The van der Waals surface area contributed by atoms with E-state index in [0.29, 0.717) is 22.0 Å². The number of rotatable bonds is 1. The van der Waals surface area contributed by atoms with Crippen molar-refractivity contribution in [2.45, 2.75) is 32.1 Å². The fraction of sp³-hybridized carbons (Fsp3) is 0.278. The summed E-state index contributed by atoms with van der Waals surface area (Å²) in [5.41, 5.74) is 4.58. The maximum atomic E-state index is 12.4. The summed E-state index contributed by atoms with van der Waals surface area (Å²) in [6.45, 7) is 2.19. The minimum atomic E-state index is -0.145. The Hall–Kier alpha value is -2.20. The number of aromatic amines is 1. The minimum absolute atomic E-state index is 0.145. The van der Waals surface area contributed by atoms with Crippen LogP contribution in [0.25, 0.3) is 22.2 Å². The monoisotopic (exact) mass is 325 g/mol. The molecule has 1 N–H and O–H groups in total. The quantitative estimate of drug-likeness (QED) is 0.733. The van der Waals surface area contributed by atoms with Crippen molar-refractivity contribution in [2.75, 3.05) is 0 Å². The van der Waals surface area contributed by atoms with Gasteiger partial charge >= 0.3 is 0 Å². The van der Waals surface area contributed by atoms with E-state index < -0.39 is 0 Å². The third-order valence-corrected chi connectivity index (χ3v) is 4.84. The Balaban J connectivity index is 2.14. The van der Waals surface area contributed by atoms with Crippen molar-refractivity contribution in [3.05, 3.63) is 57.2 Å². The Kier molecular flexibility index (Phi) is 3.42. The molecule has 0 aliphatic heterocycles. The third kappa shape index (κ3) is 2.34. The molecule has 5 heteroatoms. The summed E-state index contributed by atoms with van der Waals surface area (Å²) < 4.78 is 0. The van der Waals surface area contributed by atoms with E-state index in [2.05, 4.69) is 16.9 Å². The summed E-state index contributed by atoms with van der Waals surface area (Å²) in [6.07, 6.45) is 4.59. The van der Waals surface area contributed by atoms with Gasteiger partial charge in [-0.05, 0) is 48.4 Å². The van der Waals surface area contributed by atoms with Crippen molar-refractivity contribution in [3.63, 3.8) is 0 Å². The molecule has 1 aromatic carbocycles. The molecule has 1 aliphatic carbocycles. The smallest absolute Gasteiger partial charge is 0.260 e. The minimum Gasteiger partial charge on any atom is -0.312 e. The van der Waals surface area contributed by atoms with Gasteiger partial charge in [0.1, 0.15) is 0 Å². The molecule has 2 heterocycles. The van der Waals surface area contributed by atoms with Crippen LogP contribution in [0.15, 0.2) is 35.4 Å². The third-order valence-electron chi connectivity index (χ3n) is 4.58. The number of hydrogen-bond donors (Lipinski definition) is 1. The molecule has 2 aromatic heterocycles. The van der Waals surface area contributed by atoms with Crippen LogP contribution in [-0.4, -0.2) is 15.0 Å². The summed E-state index contributed by atoms with van der Waals surface area (Å²) >= 11 is 6.02. The maximum Gasteiger partial charge on any atom is 0.260 e. The van der Waals surface area contributed by atoms with Crippen LogP contribution in [0.1, 0.15) is 36.9 Å². The fourth-order valence-corrected chi connectivity index (χ4v) is 3.60. The van der Waals surface area contributed by atoms with Gasteiger partial charge in [-0.25, -0.2) is 9.97 Å². The number of fused-ring (bicyclic) bond motifs is 2. The van der Waals surface area contributed by atoms with E-state index in [4.69, 9.17) is 16.6 Å². The second kappa shape index (κ2) is 5.46. The number of pyridine rings is 1. The van der Waals surface area contributed by atoms with E-state index in [1.165, 1.54) is 11.9 Å². The van der Waals surface area contributed by atoms with Crippen molar-refractivity contribution in [1.82, 2.24) is 15.0 Å². The van der Waals surface area contributed by atoms with Crippen LogP contribution in [0, 0.1) is 0 Å². The van der Waals surface area contributed by atoms with Crippen LogP contribution in [0.5, 0.6) is 0 Å².